The summed E-state index contributed by atoms with van der Waals surface area (Å²) in [5.41, 5.74) is 1.38. The molecule has 1 atom stereocenters. The van der Waals surface area contributed by atoms with Gasteiger partial charge in [0.05, 0.1) is 22.7 Å². The molecule has 206 valence electrons. The van der Waals surface area contributed by atoms with E-state index in [1.165, 1.54) is 0 Å². The maximum atomic E-state index is 13.7. The lowest BCUT2D eigenvalue weighted by Crippen LogP contribution is -2.43. The third-order valence-electron chi connectivity index (χ3n) is 6.29. The van der Waals surface area contributed by atoms with E-state index < -0.39 is 38.7 Å². The minimum Gasteiger partial charge on any atom is -0.486 e. The van der Waals surface area contributed by atoms with E-state index in [2.05, 4.69) is 0 Å². The smallest absolute Gasteiger partial charge is 0.416 e. The number of carbonyl (C=O) groups is 1. The molecule has 0 saturated heterocycles. The molecule has 1 aliphatic heterocycles. The Balaban J connectivity index is 1.81. The summed E-state index contributed by atoms with van der Waals surface area (Å²) in [6.45, 7) is 1.69. The highest BCUT2D eigenvalue weighted by molar-refractivity contribution is 7.92. The van der Waals surface area contributed by atoms with Crippen molar-refractivity contribution in [1.82, 2.24) is 0 Å². The molecular weight excluding hydrogens is 555 g/mol. The Labute approximate surface area is 229 Å². The normalized spacial score (nSPS) is 16.0. The van der Waals surface area contributed by atoms with Crippen LogP contribution in [0.1, 0.15) is 42.9 Å². The second-order valence-corrected chi connectivity index (χ2v) is 11.2. The van der Waals surface area contributed by atoms with Crippen LogP contribution in [0.15, 0.2) is 71.6 Å². The van der Waals surface area contributed by atoms with Gasteiger partial charge in [0.2, 0.25) is 0 Å². The summed E-state index contributed by atoms with van der Waals surface area (Å²) in [6.07, 6.45) is -3.32. The number of alkyl halides is 3. The number of carboxylic acid groups (broad SMARTS) is 1. The molecule has 0 radical (unpaired) electrons. The van der Waals surface area contributed by atoms with E-state index in [4.69, 9.17) is 21.4 Å². The van der Waals surface area contributed by atoms with Gasteiger partial charge < -0.3 is 9.84 Å². The molecule has 1 N–H and O–H groups in total. The number of benzene rings is 3. The van der Waals surface area contributed by atoms with Crippen LogP contribution in [0, 0.1) is 0 Å². The van der Waals surface area contributed by atoms with Crippen molar-refractivity contribution in [2.75, 3.05) is 10.8 Å². The molecule has 6 nitrogen and oxygen atoms in total. The molecule has 1 aliphatic rings. The Morgan fingerprint density at radius 2 is 1.87 bits per heavy atom. The van der Waals surface area contributed by atoms with E-state index >= 15 is 0 Å². The van der Waals surface area contributed by atoms with Gasteiger partial charge >= 0.3 is 12.1 Å². The summed E-state index contributed by atoms with van der Waals surface area (Å²) in [4.78, 5) is 10.6. The lowest BCUT2D eigenvalue weighted by atomic mass is 10.00. The van der Waals surface area contributed by atoms with Crippen molar-refractivity contribution in [3.63, 3.8) is 0 Å². The third-order valence-corrected chi connectivity index (χ3v) is 8.39. The number of halogens is 4. The SMILES string of the molecule is CCC(=Cc1ccc2c(c1)N(S(=O)(=O)c1cccc(C(F)(F)F)c1)CC(CCC(=O)O)O2)c1ccccc1Cl. The largest absolute Gasteiger partial charge is 0.486 e. The van der Waals surface area contributed by atoms with Gasteiger partial charge in [-0.1, -0.05) is 54.9 Å². The predicted molar refractivity (Wildman–Crippen MR) is 143 cm³/mol. The van der Waals surface area contributed by atoms with Gasteiger partial charge in [-0.25, -0.2) is 8.42 Å². The number of allylic oxidation sites excluding steroid dienone is 1. The number of hydrogen-bond acceptors (Lipinski definition) is 4. The molecule has 0 bridgehead atoms. The number of fused-ring (bicyclic) bond motifs is 1. The first kappa shape index (κ1) is 28.5. The number of hydrogen-bond donors (Lipinski definition) is 1. The second kappa shape index (κ2) is 11.3. The van der Waals surface area contributed by atoms with Gasteiger partial charge in [-0.05, 0) is 65.9 Å². The first-order valence-corrected chi connectivity index (χ1v) is 13.9. The van der Waals surface area contributed by atoms with Gasteiger partial charge in [0.15, 0.2) is 0 Å². The van der Waals surface area contributed by atoms with Gasteiger partial charge in [0.25, 0.3) is 10.0 Å². The Hall–Kier alpha value is -3.50. The topological polar surface area (TPSA) is 83.9 Å². The van der Waals surface area contributed by atoms with Gasteiger partial charge in [0.1, 0.15) is 11.9 Å². The van der Waals surface area contributed by atoms with E-state index in [9.17, 15) is 26.4 Å². The number of nitrogens with zero attached hydrogens (tertiary/aromatic N) is 1. The van der Waals surface area contributed by atoms with E-state index in [1.54, 1.807) is 24.3 Å². The number of carboxylic acids is 1. The van der Waals surface area contributed by atoms with Crippen LogP contribution in [0.25, 0.3) is 11.6 Å². The first-order chi connectivity index (χ1) is 18.4. The van der Waals surface area contributed by atoms with Gasteiger partial charge in [-0.15, -0.1) is 0 Å². The molecule has 39 heavy (non-hydrogen) atoms. The minimum absolute atomic E-state index is 0.0114. The van der Waals surface area contributed by atoms with Crippen LogP contribution < -0.4 is 9.04 Å². The summed E-state index contributed by atoms with van der Waals surface area (Å²) in [5.74, 6) is -0.899. The van der Waals surface area contributed by atoms with E-state index in [0.29, 0.717) is 23.1 Å². The van der Waals surface area contributed by atoms with Gasteiger partial charge in [-0.2, -0.15) is 13.2 Å². The standard InChI is InChI=1S/C28H25ClF3NO5S/c1-2-19(23-8-3-4-9-24(23)29)14-18-10-12-26-25(15-18)33(17-21(38-26)11-13-27(34)35)39(36,37)22-7-5-6-20(16-22)28(30,31)32/h3-10,12,14-16,21H,2,11,13,17H2,1H3,(H,34,35). The Kier molecular flexibility index (Phi) is 8.27. The van der Waals surface area contributed by atoms with Crippen LogP contribution in [-0.2, 0) is 21.0 Å². The summed E-state index contributed by atoms with van der Waals surface area (Å²) in [5, 5.41) is 9.65. The van der Waals surface area contributed by atoms with Crippen LogP contribution in [-0.4, -0.2) is 32.1 Å². The molecule has 4 rings (SSSR count). The van der Waals surface area contributed by atoms with Gasteiger partial charge in [-0.3, -0.25) is 9.10 Å². The van der Waals surface area contributed by atoms with Crippen LogP contribution in [0.2, 0.25) is 5.02 Å². The van der Waals surface area contributed by atoms with Crippen molar-refractivity contribution in [2.24, 2.45) is 0 Å². The predicted octanol–water partition coefficient (Wildman–Crippen LogP) is 7.13. The second-order valence-electron chi connectivity index (χ2n) is 8.96. The highest BCUT2D eigenvalue weighted by atomic mass is 35.5. The van der Waals surface area contributed by atoms with Crippen molar-refractivity contribution < 1.29 is 36.2 Å². The zero-order valence-corrected chi connectivity index (χ0v) is 22.4. The van der Waals surface area contributed by atoms with E-state index in [1.807, 2.05) is 31.2 Å². The monoisotopic (exact) mass is 579 g/mol. The van der Waals surface area contributed by atoms with Crippen molar-refractivity contribution in [1.29, 1.82) is 0 Å². The molecule has 0 saturated carbocycles. The molecule has 0 spiro atoms. The molecule has 3 aromatic carbocycles. The van der Waals surface area contributed by atoms with Crippen LogP contribution in [0.3, 0.4) is 0 Å². The molecule has 1 unspecified atom stereocenters. The summed E-state index contributed by atoms with van der Waals surface area (Å²) >= 11 is 6.37. The molecule has 0 amide bonds. The van der Waals surface area contributed by atoms with Crippen molar-refractivity contribution in [2.45, 2.75) is 43.4 Å². The molecular formula is C28H25ClF3NO5S. The zero-order chi connectivity index (χ0) is 28.4. The molecule has 0 aromatic heterocycles. The summed E-state index contributed by atoms with van der Waals surface area (Å²) < 4.78 is 74.4. The maximum absolute atomic E-state index is 13.7. The van der Waals surface area contributed by atoms with Crippen LogP contribution in [0.4, 0.5) is 18.9 Å². The average Bonchev–Trinajstić information content (AvgIpc) is 2.90. The molecule has 3 aromatic rings. The quantitative estimate of drug-likeness (QED) is 0.287. The number of rotatable bonds is 8. The van der Waals surface area contributed by atoms with Gasteiger partial charge in [0, 0.05) is 11.4 Å². The Morgan fingerprint density at radius 1 is 1.13 bits per heavy atom. The maximum Gasteiger partial charge on any atom is 0.416 e. The van der Waals surface area contributed by atoms with Crippen LogP contribution >= 0.6 is 11.6 Å². The zero-order valence-electron chi connectivity index (χ0n) is 20.8. The molecule has 1 heterocycles. The van der Waals surface area contributed by atoms with E-state index in [-0.39, 0.29) is 30.8 Å². The minimum atomic E-state index is -4.73. The van der Waals surface area contributed by atoms with Crippen LogP contribution in [0.5, 0.6) is 5.75 Å². The number of aliphatic carboxylic acids is 1. The molecule has 0 fully saturated rings. The summed E-state index contributed by atoms with van der Waals surface area (Å²) in [6, 6.07) is 15.7. The van der Waals surface area contributed by atoms with Crippen molar-refractivity contribution in [3.8, 4) is 5.75 Å². The lowest BCUT2D eigenvalue weighted by Gasteiger charge is -2.35. The Morgan fingerprint density at radius 3 is 2.54 bits per heavy atom. The number of anilines is 1. The fourth-order valence-corrected chi connectivity index (χ4v) is 6.14. The Bertz CT molecular complexity index is 1520. The molecule has 11 heteroatoms. The highest BCUT2D eigenvalue weighted by Gasteiger charge is 2.37. The molecule has 0 aliphatic carbocycles. The first-order valence-electron chi connectivity index (χ1n) is 12.1. The highest BCUT2D eigenvalue weighted by Crippen LogP contribution is 2.40. The fraction of sp³-hybridized carbons (Fsp3) is 0.250. The van der Waals surface area contributed by atoms with Crippen molar-refractivity contribution in [3.05, 3.63) is 88.4 Å². The number of ether oxygens (including phenoxy) is 1. The average molecular weight is 580 g/mol. The van der Waals surface area contributed by atoms with Crippen molar-refractivity contribution >= 4 is 44.9 Å². The number of sulfonamides is 1. The lowest BCUT2D eigenvalue weighted by molar-refractivity contribution is -0.138. The summed E-state index contributed by atoms with van der Waals surface area (Å²) in [7, 11) is -4.48. The third kappa shape index (κ3) is 6.39. The van der Waals surface area contributed by atoms with E-state index in [0.717, 1.165) is 33.6 Å². The fourth-order valence-electron chi connectivity index (χ4n) is 4.33.